The summed E-state index contributed by atoms with van der Waals surface area (Å²) in [4.78, 5) is 23.8. The number of para-hydroxylation sites is 2. The van der Waals surface area contributed by atoms with E-state index >= 15 is 0 Å². The first-order chi connectivity index (χ1) is 12.3. The summed E-state index contributed by atoms with van der Waals surface area (Å²) in [5.74, 6) is 1.21. The van der Waals surface area contributed by atoms with Crippen molar-refractivity contribution >= 4 is 22.9 Å². The molecule has 2 aromatic heterocycles. The number of aromatic amines is 1. The normalized spacial score (nSPS) is 10.9. The van der Waals surface area contributed by atoms with Gasteiger partial charge in [-0.05, 0) is 12.1 Å². The minimum absolute atomic E-state index is 0.168. The fourth-order valence-corrected chi connectivity index (χ4v) is 2.49. The van der Waals surface area contributed by atoms with E-state index in [1.807, 2.05) is 54.6 Å². The van der Waals surface area contributed by atoms with Gasteiger partial charge in [-0.1, -0.05) is 47.6 Å². The number of aryl methyl sites for hydroxylation is 1. The second-order valence-electron chi connectivity index (χ2n) is 5.53. The molecule has 0 saturated heterocycles. The number of amides is 1. The van der Waals surface area contributed by atoms with Gasteiger partial charge in [0.05, 0.1) is 11.0 Å². The lowest BCUT2D eigenvalue weighted by Crippen LogP contribution is -2.13. The Morgan fingerprint density at radius 3 is 2.68 bits per heavy atom. The number of nitrogens with one attached hydrogen (secondary N) is 2. The molecule has 0 atom stereocenters. The molecule has 0 aliphatic carbocycles. The number of aromatic nitrogens is 4. The van der Waals surface area contributed by atoms with Crippen molar-refractivity contribution in [1.29, 1.82) is 0 Å². The van der Waals surface area contributed by atoms with Crippen molar-refractivity contribution in [3.63, 3.8) is 0 Å². The first-order valence-corrected chi connectivity index (χ1v) is 7.90. The quantitative estimate of drug-likeness (QED) is 0.584. The van der Waals surface area contributed by atoms with Crippen LogP contribution >= 0.6 is 0 Å². The lowest BCUT2D eigenvalue weighted by Gasteiger charge is -1.99. The zero-order valence-corrected chi connectivity index (χ0v) is 13.3. The first-order valence-electron chi connectivity index (χ1n) is 7.90. The summed E-state index contributed by atoms with van der Waals surface area (Å²) in [5, 5.41) is 6.69. The van der Waals surface area contributed by atoms with Crippen LogP contribution in [0, 0.1) is 0 Å². The van der Waals surface area contributed by atoms with Crippen molar-refractivity contribution in [2.75, 3.05) is 5.32 Å². The molecule has 0 aliphatic rings. The van der Waals surface area contributed by atoms with Crippen LogP contribution in [0.25, 0.3) is 22.4 Å². The van der Waals surface area contributed by atoms with Gasteiger partial charge < -0.3 is 9.51 Å². The number of rotatable bonds is 5. The van der Waals surface area contributed by atoms with Crippen LogP contribution < -0.4 is 5.32 Å². The molecular formula is C18H15N5O2. The average molecular weight is 333 g/mol. The fourth-order valence-electron chi connectivity index (χ4n) is 2.49. The summed E-state index contributed by atoms with van der Waals surface area (Å²) in [6.07, 6.45) is 0.597. The van der Waals surface area contributed by atoms with E-state index in [0.29, 0.717) is 24.1 Å². The maximum atomic E-state index is 12.1. The molecule has 0 spiro atoms. The molecule has 0 bridgehead atoms. The Labute approximate surface area is 143 Å². The molecule has 7 heteroatoms. The van der Waals surface area contributed by atoms with Gasteiger partial charge in [-0.3, -0.25) is 10.1 Å². The number of carbonyl (C=O) groups is 1. The van der Waals surface area contributed by atoms with Crippen LogP contribution in [-0.4, -0.2) is 26.0 Å². The van der Waals surface area contributed by atoms with E-state index in [1.165, 1.54) is 0 Å². The van der Waals surface area contributed by atoms with Gasteiger partial charge in [-0.15, -0.1) is 0 Å². The summed E-state index contributed by atoms with van der Waals surface area (Å²) in [6, 6.07) is 17.1. The van der Waals surface area contributed by atoms with Crippen molar-refractivity contribution in [3.05, 3.63) is 60.5 Å². The topological polar surface area (TPSA) is 96.7 Å². The van der Waals surface area contributed by atoms with Gasteiger partial charge >= 0.3 is 0 Å². The van der Waals surface area contributed by atoms with Crippen LogP contribution in [0.4, 0.5) is 5.95 Å². The minimum atomic E-state index is -0.168. The maximum absolute atomic E-state index is 12.1. The van der Waals surface area contributed by atoms with Crippen LogP contribution in [0.15, 0.2) is 59.1 Å². The van der Waals surface area contributed by atoms with E-state index in [4.69, 9.17) is 4.52 Å². The lowest BCUT2D eigenvalue weighted by molar-refractivity contribution is -0.116. The minimum Gasteiger partial charge on any atom is -0.339 e. The monoisotopic (exact) mass is 333 g/mol. The molecule has 4 rings (SSSR count). The summed E-state index contributed by atoms with van der Waals surface area (Å²) in [5.41, 5.74) is 2.56. The molecule has 2 aromatic carbocycles. The third-order valence-electron chi connectivity index (χ3n) is 3.71. The maximum Gasteiger partial charge on any atom is 0.227 e. The van der Waals surface area contributed by atoms with Gasteiger partial charge in [-0.25, -0.2) is 4.98 Å². The number of nitrogens with zero attached hydrogens (tertiary/aromatic N) is 3. The highest BCUT2D eigenvalue weighted by Gasteiger charge is 2.12. The van der Waals surface area contributed by atoms with Gasteiger partial charge in [0.25, 0.3) is 0 Å². The van der Waals surface area contributed by atoms with Crippen molar-refractivity contribution in [3.8, 4) is 11.4 Å². The number of imidazole rings is 1. The molecular weight excluding hydrogens is 318 g/mol. The van der Waals surface area contributed by atoms with Crippen LogP contribution in [0.1, 0.15) is 12.3 Å². The number of fused-ring (bicyclic) bond motifs is 1. The Bertz CT molecular complexity index is 973. The van der Waals surface area contributed by atoms with Crippen LogP contribution in [0.2, 0.25) is 0 Å². The van der Waals surface area contributed by atoms with Crippen molar-refractivity contribution in [2.24, 2.45) is 0 Å². The SMILES string of the molecule is O=C(CCc1nc(-c2ccccc2)no1)Nc1nc2ccccc2[nH]1. The molecule has 0 aliphatic heterocycles. The molecule has 25 heavy (non-hydrogen) atoms. The Morgan fingerprint density at radius 1 is 1.04 bits per heavy atom. The van der Waals surface area contributed by atoms with E-state index < -0.39 is 0 Å². The molecule has 2 N–H and O–H groups in total. The van der Waals surface area contributed by atoms with Crippen molar-refractivity contribution in [1.82, 2.24) is 20.1 Å². The summed E-state index contributed by atoms with van der Waals surface area (Å²) in [7, 11) is 0. The van der Waals surface area contributed by atoms with Gasteiger partial charge in [0, 0.05) is 18.4 Å². The number of hydrogen-bond acceptors (Lipinski definition) is 5. The van der Waals surface area contributed by atoms with E-state index in [9.17, 15) is 4.79 Å². The molecule has 1 amide bonds. The molecule has 4 aromatic rings. The molecule has 2 heterocycles. The van der Waals surface area contributed by atoms with E-state index in [0.717, 1.165) is 16.6 Å². The first kappa shape index (κ1) is 15.1. The largest absolute Gasteiger partial charge is 0.339 e. The van der Waals surface area contributed by atoms with Gasteiger partial charge in [-0.2, -0.15) is 4.98 Å². The number of H-pyrrole nitrogens is 1. The van der Waals surface area contributed by atoms with Gasteiger partial charge in [0.15, 0.2) is 0 Å². The highest BCUT2D eigenvalue weighted by molar-refractivity contribution is 5.91. The van der Waals surface area contributed by atoms with E-state index in [1.54, 1.807) is 0 Å². The van der Waals surface area contributed by atoms with Crippen LogP contribution in [0.5, 0.6) is 0 Å². The fraction of sp³-hybridized carbons (Fsp3) is 0.111. The average Bonchev–Trinajstić information content (AvgIpc) is 3.27. The van der Waals surface area contributed by atoms with Gasteiger partial charge in [0.2, 0.25) is 23.6 Å². The molecule has 0 unspecified atom stereocenters. The Morgan fingerprint density at radius 2 is 1.84 bits per heavy atom. The summed E-state index contributed by atoms with van der Waals surface area (Å²) < 4.78 is 5.20. The third kappa shape index (κ3) is 3.40. The van der Waals surface area contributed by atoms with Crippen LogP contribution in [-0.2, 0) is 11.2 Å². The number of benzene rings is 2. The summed E-state index contributed by atoms with van der Waals surface area (Å²) >= 11 is 0. The zero-order chi connectivity index (χ0) is 17.1. The highest BCUT2D eigenvalue weighted by Crippen LogP contribution is 2.16. The van der Waals surface area contributed by atoms with E-state index in [-0.39, 0.29) is 12.3 Å². The second kappa shape index (κ2) is 6.56. The lowest BCUT2D eigenvalue weighted by atomic mass is 10.2. The zero-order valence-electron chi connectivity index (χ0n) is 13.3. The molecule has 0 radical (unpaired) electrons. The van der Waals surface area contributed by atoms with Crippen molar-refractivity contribution < 1.29 is 9.32 Å². The van der Waals surface area contributed by atoms with Crippen LogP contribution in [0.3, 0.4) is 0 Å². The Hall–Kier alpha value is -3.48. The van der Waals surface area contributed by atoms with Gasteiger partial charge in [0.1, 0.15) is 0 Å². The van der Waals surface area contributed by atoms with Crippen molar-refractivity contribution in [2.45, 2.75) is 12.8 Å². The molecule has 0 saturated carbocycles. The number of carbonyl (C=O) groups excluding carboxylic acids is 1. The van der Waals surface area contributed by atoms with E-state index in [2.05, 4.69) is 25.4 Å². The second-order valence-corrected chi connectivity index (χ2v) is 5.53. The third-order valence-corrected chi connectivity index (χ3v) is 3.71. The number of anilines is 1. The standard InChI is InChI=1S/C18H15N5O2/c24-15(21-18-19-13-8-4-5-9-14(13)20-18)10-11-16-22-17(23-25-16)12-6-2-1-3-7-12/h1-9H,10-11H2,(H2,19,20,21,24). The number of hydrogen-bond donors (Lipinski definition) is 2. The predicted octanol–water partition coefficient (Wildman–Crippen LogP) is 3.18. The smallest absolute Gasteiger partial charge is 0.227 e. The highest BCUT2D eigenvalue weighted by atomic mass is 16.5. The Balaban J connectivity index is 1.36. The molecule has 7 nitrogen and oxygen atoms in total. The molecule has 0 fully saturated rings. The Kier molecular flexibility index (Phi) is 3.96. The predicted molar refractivity (Wildman–Crippen MR) is 92.8 cm³/mol. The summed E-state index contributed by atoms with van der Waals surface area (Å²) in [6.45, 7) is 0. The molecule has 124 valence electrons.